The first-order valence-electron chi connectivity index (χ1n) is 7.37. The standard InChI is InChI=1S/C14H21N5O/c15-13(18-20)11-7-8-16-17-14(11)19-9-3-5-10-4-1-2-6-12(10)19/h7-8,10,12,20H,1-6,9H2,(H2,15,18). The summed E-state index contributed by atoms with van der Waals surface area (Å²) >= 11 is 0. The molecule has 20 heavy (non-hydrogen) atoms. The lowest BCUT2D eigenvalue weighted by Gasteiger charge is -2.45. The number of nitrogens with zero attached hydrogens (tertiary/aromatic N) is 4. The molecule has 108 valence electrons. The van der Waals surface area contributed by atoms with Gasteiger partial charge in [-0.05, 0) is 37.7 Å². The Morgan fingerprint density at radius 2 is 2.10 bits per heavy atom. The van der Waals surface area contributed by atoms with Gasteiger partial charge in [0.2, 0.25) is 0 Å². The third-order valence-electron chi connectivity index (χ3n) is 4.60. The Morgan fingerprint density at radius 1 is 1.30 bits per heavy atom. The molecule has 1 saturated carbocycles. The third-order valence-corrected chi connectivity index (χ3v) is 4.60. The highest BCUT2D eigenvalue weighted by Crippen LogP contribution is 2.37. The summed E-state index contributed by atoms with van der Waals surface area (Å²) in [7, 11) is 0. The molecule has 6 heteroatoms. The van der Waals surface area contributed by atoms with Gasteiger partial charge in [-0.3, -0.25) is 0 Å². The number of aromatic nitrogens is 2. The lowest BCUT2D eigenvalue weighted by atomic mass is 9.78. The molecule has 6 nitrogen and oxygen atoms in total. The molecule has 0 amide bonds. The Labute approximate surface area is 118 Å². The highest BCUT2D eigenvalue weighted by atomic mass is 16.4. The SMILES string of the molecule is N/C(=N/O)c1ccnnc1N1CCCC2CCCCC21. The van der Waals surface area contributed by atoms with Crippen molar-refractivity contribution < 1.29 is 5.21 Å². The second-order valence-electron chi connectivity index (χ2n) is 5.70. The van der Waals surface area contributed by atoms with Crippen molar-refractivity contribution in [3.8, 4) is 0 Å². The van der Waals surface area contributed by atoms with E-state index in [0.717, 1.165) is 18.3 Å². The molecule has 2 atom stereocenters. The van der Waals surface area contributed by atoms with Crippen molar-refractivity contribution in [2.24, 2.45) is 16.8 Å². The van der Waals surface area contributed by atoms with Crippen LogP contribution in [0.4, 0.5) is 5.82 Å². The summed E-state index contributed by atoms with van der Waals surface area (Å²) in [5, 5.41) is 20.3. The van der Waals surface area contributed by atoms with Crippen LogP contribution in [0.2, 0.25) is 0 Å². The second kappa shape index (κ2) is 5.64. The van der Waals surface area contributed by atoms with Gasteiger partial charge in [-0.15, -0.1) is 5.10 Å². The zero-order valence-electron chi connectivity index (χ0n) is 11.6. The van der Waals surface area contributed by atoms with Crippen molar-refractivity contribution in [2.45, 2.75) is 44.6 Å². The summed E-state index contributed by atoms with van der Waals surface area (Å²) in [6.45, 7) is 0.978. The van der Waals surface area contributed by atoms with Gasteiger partial charge in [-0.25, -0.2) is 0 Å². The van der Waals surface area contributed by atoms with Gasteiger partial charge in [0.15, 0.2) is 11.7 Å². The van der Waals surface area contributed by atoms with E-state index >= 15 is 0 Å². The number of anilines is 1. The summed E-state index contributed by atoms with van der Waals surface area (Å²) in [6.07, 6.45) is 9.18. The lowest BCUT2D eigenvalue weighted by Crippen LogP contribution is -2.48. The van der Waals surface area contributed by atoms with Crippen molar-refractivity contribution in [1.29, 1.82) is 0 Å². The summed E-state index contributed by atoms with van der Waals surface area (Å²) in [4.78, 5) is 2.33. The quantitative estimate of drug-likeness (QED) is 0.371. The fraction of sp³-hybridized carbons (Fsp3) is 0.643. The molecule has 0 spiro atoms. The number of hydrogen-bond acceptors (Lipinski definition) is 5. The monoisotopic (exact) mass is 275 g/mol. The Morgan fingerprint density at radius 3 is 2.95 bits per heavy atom. The van der Waals surface area contributed by atoms with Crippen molar-refractivity contribution in [3.05, 3.63) is 17.8 Å². The molecule has 3 rings (SSSR count). The van der Waals surface area contributed by atoms with E-state index in [-0.39, 0.29) is 5.84 Å². The normalized spacial score (nSPS) is 27.2. The lowest BCUT2D eigenvalue weighted by molar-refractivity contribution is 0.242. The number of piperidine rings is 1. The third kappa shape index (κ3) is 2.30. The first-order chi connectivity index (χ1) is 9.81. The fourth-order valence-electron chi connectivity index (χ4n) is 3.68. The molecule has 1 aromatic heterocycles. The minimum atomic E-state index is 0.104. The molecular formula is C14H21N5O. The minimum Gasteiger partial charge on any atom is -0.409 e. The highest BCUT2D eigenvalue weighted by molar-refractivity contribution is 6.01. The number of hydrogen-bond donors (Lipinski definition) is 2. The molecule has 2 aliphatic rings. The first-order valence-corrected chi connectivity index (χ1v) is 7.37. The van der Waals surface area contributed by atoms with E-state index in [2.05, 4.69) is 20.3 Å². The number of oxime groups is 1. The van der Waals surface area contributed by atoms with Crippen molar-refractivity contribution in [1.82, 2.24) is 10.2 Å². The van der Waals surface area contributed by atoms with E-state index in [1.807, 2.05) is 0 Å². The molecule has 1 aliphatic heterocycles. The van der Waals surface area contributed by atoms with Gasteiger partial charge < -0.3 is 15.8 Å². The Balaban J connectivity index is 1.95. The molecule has 2 fully saturated rings. The van der Waals surface area contributed by atoms with Crippen LogP contribution in [0.3, 0.4) is 0 Å². The maximum atomic E-state index is 8.94. The first kappa shape index (κ1) is 13.1. The summed E-state index contributed by atoms with van der Waals surface area (Å²) in [5.74, 6) is 1.62. The smallest absolute Gasteiger partial charge is 0.173 e. The van der Waals surface area contributed by atoms with Crippen LogP contribution >= 0.6 is 0 Å². The largest absolute Gasteiger partial charge is 0.409 e. The van der Waals surface area contributed by atoms with E-state index in [1.165, 1.54) is 38.5 Å². The van der Waals surface area contributed by atoms with Crippen LogP contribution in [0.25, 0.3) is 0 Å². The van der Waals surface area contributed by atoms with E-state index in [1.54, 1.807) is 12.3 Å². The molecule has 1 saturated heterocycles. The molecule has 2 heterocycles. The van der Waals surface area contributed by atoms with Gasteiger partial charge >= 0.3 is 0 Å². The second-order valence-corrected chi connectivity index (χ2v) is 5.70. The number of rotatable bonds is 2. The Hall–Kier alpha value is -1.85. The molecule has 0 bridgehead atoms. The Bertz CT molecular complexity index is 502. The van der Waals surface area contributed by atoms with Crippen LogP contribution in [0, 0.1) is 5.92 Å². The van der Waals surface area contributed by atoms with Crippen LogP contribution in [0.5, 0.6) is 0 Å². The average molecular weight is 275 g/mol. The number of fused-ring (bicyclic) bond motifs is 1. The molecule has 3 N–H and O–H groups in total. The molecule has 0 radical (unpaired) electrons. The average Bonchev–Trinajstić information content (AvgIpc) is 2.53. The fourth-order valence-corrected chi connectivity index (χ4v) is 3.68. The van der Waals surface area contributed by atoms with Gasteiger partial charge in [0, 0.05) is 12.6 Å². The van der Waals surface area contributed by atoms with Crippen LogP contribution in [-0.2, 0) is 0 Å². The van der Waals surface area contributed by atoms with Gasteiger partial charge in [0.1, 0.15) is 0 Å². The maximum Gasteiger partial charge on any atom is 0.173 e. The van der Waals surface area contributed by atoms with Crippen molar-refractivity contribution in [3.63, 3.8) is 0 Å². The predicted molar refractivity (Wildman–Crippen MR) is 76.9 cm³/mol. The molecule has 1 aromatic rings. The topological polar surface area (TPSA) is 87.6 Å². The summed E-state index contributed by atoms with van der Waals surface area (Å²) in [6, 6.07) is 2.29. The zero-order chi connectivity index (χ0) is 13.9. The van der Waals surface area contributed by atoms with Gasteiger partial charge in [0.25, 0.3) is 0 Å². The van der Waals surface area contributed by atoms with Gasteiger partial charge in [-0.2, -0.15) is 5.10 Å². The highest BCUT2D eigenvalue weighted by Gasteiger charge is 2.35. The van der Waals surface area contributed by atoms with Crippen LogP contribution < -0.4 is 10.6 Å². The van der Waals surface area contributed by atoms with Gasteiger partial charge in [0.05, 0.1) is 11.8 Å². The molecule has 1 aliphatic carbocycles. The van der Waals surface area contributed by atoms with E-state index < -0.39 is 0 Å². The van der Waals surface area contributed by atoms with E-state index in [9.17, 15) is 0 Å². The summed E-state index contributed by atoms with van der Waals surface area (Å²) in [5.41, 5.74) is 6.45. The summed E-state index contributed by atoms with van der Waals surface area (Å²) < 4.78 is 0. The van der Waals surface area contributed by atoms with Crippen LogP contribution in [-0.4, -0.2) is 33.8 Å². The van der Waals surface area contributed by atoms with E-state index in [0.29, 0.717) is 11.6 Å². The molecule has 2 unspecified atom stereocenters. The maximum absolute atomic E-state index is 8.94. The number of amidine groups is 1. The van der Waals surface area contributed by atoms with Crippen molar-refractivity contribution >= 4 is 11.7 Å². The van der Waals surface area contributed by atoms with Gasteiger partial charge in [-0.1, -0.05) is 18.0 Å². The zero-order valence-corrected chi connectivity index (χ0v) is 11.6. The number of nitrogens with two attached hydrogens (primary N) is 1. The van der Waals surface area contributed by atoms with Crippen LogP contribution in [0.1, 0.15) is 44.1 Å². The Kier molecular flexibility index (Phi) is 3.71. The minimum absolute atomic E-state index is 0.104. The molecule has 0 aromatic carbocycles. The van der Waals surface area contributed by atoms with Crippen LogP contribution in [0.15, 0.2) is 17.4 Å². The molecular weight excluding hydrogens is 254 g/mol. The van der Waals surface area contributed by atoms with Crippen molar-refractivity contribution in [2.75, 3.05) is 11.4 Å². The van der Waals surface area contributed by atoms with E-state index in [4.69, 9.17) is 10.9 Å². The predicted octanol–water partition coefficient (Wildman–Crippen LogP) is 1.73.